The Hall–Kier alpha value is -2.38. The Morgan fingerprint density at radius 2 is 1.87 bits per heavy atom. The number of hydrogen-bond acceptors (Lipinski definition) is 5. The topological polar surface area (TPSA) is 92.5 Å². The summed E-state index contributed by atoms with van der Waals surface area (Å²) < 4.78 is 0. The van der Waals surface area contributed by atoms with Gasteiger partial charge in [0, 0.05) is 35.4 Å². The van der Waals surface area contributed by atoms with Crippen LogP contribution in [0.15, 0.2) is 53.4 Å². The number of rotatable bonds is 8. The number of nitrogens with one attached hydrogen (secondary N) is 1. The average Bonchev–Trinajstić information content (AvgIpc) is 2.55. The number of para-hydroxylation sites is 1. The maximum atomic E-state index is 11.1. The molecule has 0 radical (unpaired) electrons. The van der Waals surface area contributed by atoms with Gasteiger partial charge in [0.2, 0.25) is 0 Å². The normalized spacial score (nSPS) is 10.4. The van der Waals surface area contributed by atoms with Crippen molar-refractivity contribution < 1.29 is 14.8 Å². The van der Waals surface area contributed by atoms with Crippen molar-refractivity contribution in [2.75, 3.05) is 12.3 Å². The number of nitrogens with zero attached hydrogens (tertiary/aromatic N) is 1. The Balaban J connectivity index is 1.83. The van der Waals surface area contributed by atoms with E-state index in [1.165, 1.54) is 17.8 Å². The van der Waals surface area contributed by atoms with Crippen molar-refractivity contribution in [3.63, 3.8) is 0 Å². The number of aromatic carboxylic acids is 1. The summed E-state index contributed by atoms with van der Waals surface area (Å²) >= 11 is 1.44. The summed E-state index contributed by atoms with van der Waals surface area (Å²) in [7, 11) is 0. The molecule has 2 rings (SSSR count). The Labute approximate surface area is 137 Å². The standard InChI is InChI=1S/C16H16N2O4S/c19-16(20)13-6-2-4-8-15(13)23-10-9-17-11-12-5-1-3-7-14(12)18(21)22/h1-8,17H,9-11H2,(H,19,20). The van der Waals surface area contributed by atoms with Crippen LogP contribution in [0.1, 0.15) is 15.9 Å². The third kappa shape index (κ3) is 4.80. The van der Waals surface area contributed by atoms with Gasteiger partial charge in [-0.2, -0.15) is 0 Å². The molecule has 6 nitrogen and oxygen atoms in total. The molecule has 2 aromatic rings. The Morgan fingerprint density at radius 3 is 2.61 bits per heavy atom. The molecule has 0 aliphatic carbocycles. The van der Waals surface area contributed by atoms with Crippen molar-refractivity contribution in [2.45, 2.75) is 11.4 Å². The number of benzene rings is 2. The van der Waals surface area contributed by atoms with Crippen LogP contribution in [0.4, 0.5) is 5.69 Å². The van der Waals surface area contributed by atoms with Gasteiger partial charge in [0.05, 0.1) is 10.5 Å². The molecule has 0 unspecified atom stereocenters. The highest BCUT2D eigenvalue weighted by Crippen LogP contribution is 2.22. The summed E-state index contributed by atoms with van der Waals surface area (Å²) in [6.45, 7) is 1.02. The molecular formula is C16H16N2O4S. The minimum absolute atomic E-state index is 0.101. The van der Waals surface area contributed by atoms with Gasteiger partial charge in [-0.05, 0) is 12.1 Å². The van der Waals surface area contributed by atoms with Crippen molar-refractivity contribution >= 4 is 23.4 Å². The summed E-state index contributed by atoms with van der Waals surface area (Å²) in [5.74, 6) is -0.272. The maximum Gasteiger partial charge on any atom is 0.336 e. The lowest BCUT2D eigenvalue weighted by molar-refractivity contribution is -0.385. The molecule has 0 heterocycles. The SMILES string of the molecule is O=C(O)c1ccccc1SCCNCc1ccccc1[N+](=O)[O-]. The maximum absolute atomic E-state index is 11.1. The molecule has 120 valence electrons. The molecule has 2 N–H and O–H groups in total. The first-order valence-electron chi connectivity index (χ1n) is 6.97. The van der Waals surface area contributed by atoms with E-state index in [2.05, 4.69) is 5.32 Å². The van der Waals surface area contributed by atoms with Gasteiger partial charge in [-0.3, -0.25) is 10.1 Å². The predicted molar refractivity (Wildman–Crippen MR) is 88.9 cm³/mol. The highest BCUT2D eigenvalue weighted by Gasteiger charge is 2.12. The van der Waals surface area contributed by atoms with E-state index in [9.17, 15) is 14.9 Å². The molecule has 0 bridgehead atoms. The minimum atomic E-state index is -0.944. The number of thioether (sulfide) groups is 1. The van der Waals surface area contributed by atoms with Crippen LogP contribution in [-0.4, -0.2) is 28.3 Å². The summed E-state index contributed by atoms with van der Waals surface area (Å²) in [5, 5.41) is 23.2. The van der Waals surface area contributed by atoms with Crippen LogP contribution in [0.25, 0.3) is 0 Å². The van der Waals surface area contributed by atoms with Crippen molar-refractivity contribution in [2.24, 2.45) is 0 Å². The fourth-order valence-corrected chi connectivity index (χ4v) is 3.02. The number of carboxylic acids is 1. The molecule has 0 aliphatic rings. The largest absolute Gasteiger partial charge is 0.478 e. The lowest BCUT2D eigenvalue weighted by Crippen LogP contribution is -2.17. The summed E-state index contributed by atoms with van der Waals surface area (Å²) in [6, 6.07) is 13.5. The second kappa shape index (κ2) is 8.30. The molecule has 0 atom stereocenters. The molecule has 7 heteroatoms. The van der Waals surface area contributed by atoms with Crippen LogP contribution in [0, 0.1) is 10.1 Å². The van der Waals surface area contributed by atoms with Crippen LogP contribution in [0.5, 0.6) is 0 Å². The second-order valence-corrected chi connectivity index (χ2v) is 5.85. The van der Waals surface area contributed by atoms with E-state index in [1.807, 2.05) is 0 Å². The molecule has 0 aliphatic heterocycles. The molecule has 0 aromatic heterocycles. The number of nitro benzene ring substituents is 1. The molecule has 2 aromatic carbocycles. The zero-order valence-corrected chi connectivity index (χ0v) is 13.1. The summed E-state index contributed by atoms with van der Waals surface area (Å²) in [5.41, 5.74) is 1.02. The zero-order valence-electron chi connectivity index (χ0n) is 12.3. The van der Waals surface area contributed by atoms with Crippen LogP contribution in [-0.2, 0) is 6.54 Å². The Kier molecular flexibility index (Phi) is 6.13. The first-order chi connectivity index (χ1) is 11.1. The van der Waals surface area contributed by atoms with Crippen LogP contribution >= 0.6 is 11.8 Å². The van der Waals surface area contributed by atoms with Gasteiger partial charge in [0.15, 0.2) is 0 Å². The lowest BCUT2D eigenvalue weighted by atomic mass is 10.2. The smallest absolute Gasteiger partial charge is 0.336 e. The zero-order chi connectivity index (χ0) is 16.7. The van der Waals surface area contributed by atoms with Gasteiger partial charge in [-0.25, -0.2) is 4.79 Å². The second-order valence-electron chi connectivity index (χ2n) is 4.71. The first-order valence-corrected chi connectivity index (χ1v) is 7.96. The number of carbonyl (C=O) groups is 1. The average molecular weight is 332 g/mol. The molecule has 0 amide bonds. The molecule has 0 spiro atoms. The highest BCUT2D eigenvalue weighted by molar-refractivity contribution is 7.99. The fraction of sp³-hybridized carbons (Fsp3) is 0.188. The van der Waals surface area contributed by atoms with Gasteiger partial charge in [-0.1, -0.05) is 30.3 Å². The Bertz CT molecular complexity index is 646. The molecule has 0 saturated carbocycles. The molecule has 0 fully saturated rings. The third-order valence-electron chi connectivity index (χ3n) is 3.16. The van der Waals surface area contributed by atoms with Gasteiger partial charge in [0.25, 0.3) is 5.69 Å². The molecule has 0 saturated heterocycles. The number of carboxylic acid groups (broad SMARTS) is 1. The van der Waals surface area contributed by atoms with Gasteiger partial charge < -0.3 is 10.4 Å². The first kappa shape index (κ1) is 17.0. The van der Waals surface area contributed by atoms with Crippen molar-refractivity contribution in [1.82, 2.24) is 5.32 Å². The minimum Gasteiger partial charge on any atom is -0.478 e. The van der Waals surface area contributed by atoms with Gasteiger partial charge >= 0.3 is 5.97 Å². The van der Waals surface area contributed by atoms with Gasteiger partial charge in [-0.15, -0.1) is 11.8 Å². The van der Waals surface area contributed by atoms with Crippen molar-refractivity contribution in [3.8, 4) is 0 Å². The third-order valence-corrected chi connectivity index (χ3v) is 4.23. The number of hydrogen-bond donors (Lipinski definition) is 2. The molecular weight excluding hydrogens is 316 g/mol. The summed E-state index contributed by atoms with van der Waals surface area (Å²) in [6.07, 6.45) is 0. The van der Waals surface area contributed by atoms with E-state index < -0.39 is 10.9 Å². The van der Waals surface area contributed by atoms with Crippen molar-refractivity contribution in [1.29, 1.82) is 0 Å². The predicted octanol–water partition coefficient (Wildman–Crippen LogP) is 3.17. The van der Waals surface area contributed by atoms with E-state index in [0.29, 0.717) is 29.3 Å². The lowest BCUT2D eigenvalue weighted by Gasteiger charge is -2.07. The van der Waals surface area contributed by atoms with E-state index >= 15 is 0 Å². The van der Waals surface area contributed by atoms with Crippen molar-refractivity contribution in [3.05, 3.63) is 69.8 Å². The van der Waals surface area contributed by atoms with Gasteiger partial charge in [0.1, 0.15) is 0 Å². The van der Waals surface area contributed by atoms with E-state index in [1.54, 1.807) is 42.5 Å². The van der Waals surface area contributed by atoms with E-state index in [0.717, 1.165) is 0 Å². The van der Waals surface area contributed by atoms with Crippen LogP contribution < -0.4 is 5.32 Å². The van der Waals surface area contributed by atoms with E-state index in [-0.39, 0.29) is 11.3 Å². The summed E-state index contributed by atoms with van der Waals surface area (Å²) in [4.78, 5) is 22.3. The fourth-order valence-electron chi connectivity index (χ4n) is 2.06. The Morgan fingerprint density at radius 1 is 1.17 bits per heavy atom. The monoisotopic (exact) mass is 332 g/mol. The highest BCUT2D eigenvalue weighted by atomic mass is 32.2. The number of nitro groups is 1. The van der Waals surface area contributed by atoms with E-state index in [4.69, 9.17) is 5.11 Å². The molecule has 23 heavy (non-hydrogen) atoms. The quantitative estimate of drug-likeness (QED) is 0.334. The van der Waals surface area contributed by atoms with Crippen LogP contribution in [0.2, 0.25) is 0 Å². The van der Waals surface area contributed by atoms with Crippen LogP contribution in [0.3, 0.4) is 0 Å².